The molecule has 0 atom stereocenters. The summed E-state index contributed by atoms with van der Waals surface area (Å²) in [4.78, 5) is 30.3. The molecule has 5 rings (SSSR count). The zero-order valence-electron chi connectivity index (χ0n) is 25.8. The van der Waals surface area contributed by atoms with Crippen LogP contribution in [0.4, 0.5) is 0 Å². The van der Waals surface area contributed by atoms with Gasteiger partial charge in [-0.25, -0.2) is 0 Å². The summed E-state index contributed by atoms with van der Waals surface area (Å²) < 4.78 is 37.4. The number of carbonyl (C=O) groups is 2. The molecule has 0 saturated heterocycles. The number of nitrogens with zero attached hydrogens (tertiary/aromatic N) is 1. The van der Waals surface area contributed by atoms with Crippen molar-refractivity contribution in [2.45, 2.75) is 77.5 Å². The van der Waals surface area contributed by atoms with Crippen molar-refractivity contribution in [3.8, 4) is 5.75 Å². The minimum Gasteiger partial charge on any atom is -0.385 e. The average molecular weight is 671 g/mol. The fourth-order valence-corrected chi connectivity index (χ4v) is 8.19. The Bertz CT molecular complexity index is 1580. The lowest BCUT2D eigenvalue weighted by atomic mass is 9.63. The molecule has 7 nitrogen and oxygen atoms in total. The van der Waals surface area contributed by atoms with E-state index in [2.05, 4.69) is 48.5 Å². The molecule has 0 fully saturated rings. The van der Waals surface area contributed by atoms with Crippen LogP contribution in [0, 0.1) is 17.8 Å². The van der Waals surface area contributed by atoms with Gasteiger partial charge in [-0.05, 0) is 82.8 Å². The number of rotatable bonds is 8. The molecular formula is C34H40BrNO6S. The molecule has 230 valence electrons. The first-order valence-corrected chi connectivity index (χ1v) is 16.9. The first-order chi connectivity index (χ1) is 20.1. The number of hydrogen-bond acceptors (Lipinski definition) is 7. The van der Waals surface area contributed by atoms with Crippen LogP contribution >= 0.6 is 15.9 Å². The molecule has 0 amide bonds. The first kappa shape index (κ1) is 31.7. The van der Waals surface area contributed by atoms with Crippen molar-refractivity contribution in [2.75, 3.05) is 20.3 Å². The van der Waals surface area contributed by atoms with E-state index in [1.165, 1.54) is 12.1 Å². The lowest BCUT2D eigenvalue weighted by molar-refractivity contribution is -0.119. The molecule has 0 aromatic heterocycles. The van der Waals surface area contributed by atoms with E-state index in [-0.39, 0.29) is 33.0 Å². The summed E-state index contributed by atoms with van der Waals surface area (Å²) in [6.07, 6.45) is 3.01. The second-order valence-electron chi connectivity index (χ2n) is 13.6. The van der Waals surface area contributed by atoms with Gasteiger partial charge in [-0.3, -0.25) is 9.59 Å². The van der Waals surface area contributed by atoms with E-state index < -0.39 is 16.0 Å². The number of ketones is 2. The van der Waals surface area contributed by atoms with Crippen LogP contribution in [-0.4, -0.2) is 45.1 Å². The highest BCUT2D eigenvalue weighted by molar-refractivity contribution is 9.10. The number of allylic oxidation sites excluding steroid dienone is 4. The Morgan fingerprint density at radius 2 is 1.44 bits per heavy atom. The second kappa shape index (κ2) is 11.6. The third-order valence-corrected chi connectivity index (χ3v) is 10.4. The van der Waals surface area contributed by atoms with Crippen LogP contribution in [0.15, 0.2) is 74.4 Å². The number of Topliss-reactive ketones (excluding diaryl/α,β-unsaturated/α-hetero) is 2. The fourth-order valence-electron chi connectivity index (χ4n) is 6.65. The molecule has 2 aliphatic carbocycles. The molecule has 1 heterocycles. The zero-order valence-corrected chi connectivity index (χ0v) is 28.2. The fraction of sp³-hybridized carbons (Fsp3) is 0.471. The van der Waals surface area contributed by atoms with Crippen molar-refractivity contribution in [1.29, 1.82) is 0 Å². The molecule has 0 N–H and O–H groups in total. The monoisotopic (exact) mass is 669 g/mol. The second-order valence-corrected chi connectivity index (χ2v) is 16.0. The van der Waals surface area contributed by atoms with Gasteiger partial charge in [0, 0.05) is 61.6 Å². The highest BCUT2D eigenvalue weighted by atomic mass is 79.9. The Morgan fingerprint density at radius 1 is 0.884 bits per heavy atom. The van der Waals surface area contributed by atoms with E-state index in [0.29, 0.717) is 41.6 Å². The number of hydrogen-bond donors (Lipinski definition) is 0. The summed E-state index contributed by atoms with van der Waals surface area (Å²) in [5.41, 5.74) is 4.61. The maximum Gasteiger partial charge on any atom is 0.339 e. The predicted molar refractivity (Wildman–Crippen MR) is 169 cm³/mol. The number of methoxy groups -OCH3 is 1. The van der Waals surface area contributed by atoms with Crippen molar-refractivity contribution in [3.63, 3.8) is 0 Å². The standard InChI is InChI=1S/C34H40BrNO6S/c1-21-8-11-23(12-9-21)43(39,40)42-29-13-10-22(16-24(29)35)30-31-25(17-33(2,3)19-27(31)37)36(14-7-15-41-6)26-18-34(4,5)20-28(38)32(26)30/h8-13,16,30H,7,14-15,17-20H2,1-6H3. The Kier molecular flexibility index (Phi) is 8.57. The zero-order chi connectivity index (χ0) is 31.3. The molecule has 0 unspecified atom stereocenters. The third-order valence-electron chi connectivity index (χ3n) is 8.55. The van der Waals surface area contributed by atoms with Crippen molar-refractivity contribution in [2.24, 2.45) is 10.8 Å². The predicted octanol–water partition coefficient (Wildman–Crippen LogP) is 7.25. The topological polar surface area (TPSA) is 90.0 Å². The largest absolute Gasteiger partial charge is 0.385 e. The van der Waals surface area contributed by atoms with Crippen molar-refractivity contribution in [3.05, 3.63) is 80.6 Å². The van der Waals surface area contributed by atoms with Gasteiger partial charge in [0.05, 0.1) is 4.47 Å². The van der Waals surface area contributed by atoms with E-state index in [0.717, 1.165) is 41.8 Å². The average Bonchev–Trinajstić information content (AvgIpc) is 2.89. The Hall–Kier alpha value is -2.75. The van der Waals surface area contributed by atoms with Crippen LogP contribution in [0.25, 0.3) is 0 Å². The SMILES string of the molecule is COCCCN1C2=C(C(=O)CC(C)(C)C2)C(c2ccc(OS(=O)(=O)c3ccc(C)cc3)c(Br)c2)C2=C1CC(C)(C)CC2=O. The lowest BCUT2D eigenvalue weighted by Gasteiger charge is -2.49. The Morgan fingerprint density at radius 3 is 1.95 bits per heavy atom. The molecular weight excluding hydrogens is 630 g/mol. The van der Waals surface area contributed by atoms with Crippen molar-refractivity contribution in [1.82, 2.24) is 4.90 Å². The van der Waals surface area contributed by atoms with E-state index >= 15 is 0 Å². The summed E-state index contributed by atoms with van der Waals surface area (Å²) in [6.45, 7) is 11.6. The number of ether oxygens (including phenoxy) is 1. The van der Waals surface area contributed by atoms with Crippen molar-refractivity contribution < 1.29 is 26.9 Å². The van der Waals surface area contributed by atoms with E-state index in [9.17, 15) is 18.0 Å². The number of carbonyl (C=O) groups excluding carboxylic acids is 2. The van der Waals surface area contributed by atoms with Gasteiger partial charge in [-0.2, -0.15) is 8.42 Å². The van der Waals surface area contributed by atoms with Crippen molar-refractivity contribution >= 4 is 37.6 Å². The van der Waals surface area contributed by atoms with E-state index in [1.54, 1.807) is 37.4 Å². The normalized spacial score (nSPS) is 20.3. The van der Waals surface area contributed by atoms with Gasteiger partial charge in [0.2, 0.25) is 0 Å². The van der Waals surface area contributed by atoms with Gasteiger partial charge < -0.3 is 13.8 Å². The van der Waals surface area contributed by atoms with Gasteiger partial charge in [-0.1, -0.05) is 51.5 Å². The summed E-state index contributed by atoms with van der Waals surface area (Å²) in [5.74, 6) is -0.294. The van der Waals surface area contributed by atoms with Gasteiger partial charge >= 0.3 is 10.1 Å². The number of benzene rings is 2. The smallest absolute Gasteiger partial charge is 0.339 e. The van der Waals surface area contributed by atoms with Gasteiger partial charge in [-0.15, -0.1) is 0 Å². The number of aryl methyl sites for hydroxylation is 1. The lowest BCUT2D eigenvalue weighted by Crippen LogP contribution is -2.44. The molecule has 2 aromatic rings. The molecule has 0 saturated carbocycles. The van der Waals surface area contributed by atoms with Crippen LogP contribution in [0.5, 0.6) is 5.75 Å². The summed E-state index contributed by atoms with van der Waals surface area (Å²) >= 11 is 3.53. The van der Waals surface area contributed by atoms with Gasteiger partial charge in [0.15, 0.2) is 17.3 Å². The highest BCUT2D eigenvalue weighted by Crippen LogP contribution is 2.54. The Labute approximate surface area is 263 Å². The first-order valence-electron chi connectivity index (χ1n) is 14.7. The highest BCUT2D eigenvalue weighted by Gasteiger charge is 2.49. The van der Waals surface area contributed by atoms with Crippen LogP contribution in [0.2, 0.25) is 0 Å². The molecule has 43 heavy (non-hydrogen) atoms. The summed E-state index contributed by atoms with van der Waals surface area (Å²) in [6, 6.07) is 11.6. The number of halogens is 1. The molecule has 0 spiro atoms. The molecule has 9 heteroatoms. The van der Waals surface area contributed by atoms with Gasteiger partial charge in [0.25, 0.3) is 0 Å². The summed E-state index contributed by atoms with van der Waals surface area (Å²) in [5, 5.41) is 0. The molecule has 2 aromatic carbocycles. The maximum absolute atomic E-state index is 14.0. The van der Waals surface area contributed by atoms with E-state index in [4.69, 9.17) is 8.92 Å². The molecule has 1 aliphatic heterocycles. The van der Waals surface area contributed by atoms with Crippen LogP contribution in [0.1, 0.15) is 76.8 Å². The third kappa shape index (κ3) is 6.40. The van der Waals surface area contributed by atoms with Gasteiger partial charge in [0.1, 0.15) is 4.90 Å². The van der Waals surface area contributed by atoms with Crippen LogP contribution in [-0.2, 0) is 24.4 Å². The van der Waals surface area contributed by atoms with Crippen LogP contribution < -0.4 is 4.18 Å². The molecule has 3 aliphatic rings. The minimum absolute atomic E-state index is 0.0515. The van der Waals surface area contributed by atoms with E-state index in [1.807, 2.05) is 6.92 Å². The quantitative estimate of drug-likeness (QED) is 0.216. The molecule has 0 bridgehead atoms. The maximum atomic E-state index is 14.0. The Balaban J connectivity index is 1.62. The minimum atomic E-state index is -4.06. The molecule has 0 radical (unpaired) electrons. The van der Waals surface area contributed by atoms with Crippen LogP contribution in [0.3, 0.4) is 0 Å². The summed E-state index contributed by atoms with van der Waals surface area (Å²) in [7, 11) is -2.38.